The van der Waals surface area contributed by atoms with E-state index in [0.717, 1.165) is 5.56 Å². The summed E-state index contributed by atoms with van der Waals surface area (Å²) < 4.78 is 16.0. The first-order valence-corrected chi connectivity index (χ1v) is 11.1. The van der Waals surface area contributed by atoms with E-state index < -0.39 is 12.0 Å². The number of methoxy groups -OCH3 is 3. The van der Waals surface area contributed by atoms with E-state index in [9.17, 15) is 9.59 Å². The second-order valence-electron chi connectivity index (χ2n) is 8.01. The molecule has 34 heavy (non-hydrogen) atoms. The van der Waals surface area contributed by atoms with Crippen LogP contribution in [0.2, 0.25) is 0 Å². The van der Waals surface area contributed by atoms with Crippen molar-refractivity contribution in [2.45, 2.75) is 18.9 Å². The smallest absolute Gasteiger partial charge is 0.230 e. The molecule has 2 amide bonds. The number of piperidine rings is 1. The molecule has 3 aromatic rings. The topological polar surface area (TPSA) is 77.1 Å². The number of anilines is 2. The molecule has 0 aromatic heterocycles. The number of carbonyl (C=O) groups excluding carboxylic acids is 2. The van der Waals surface area contributed by atoms with E-state index in [1.54, 1.807) is 38.4 Å². The molecule has 0 saturated carbocycles. The second-order valence-corrected chi connectivity index (χ2v) is 8.01. The molecule has 1 aliphatic rings. The van der Waals surface area contributed by atoms with Gasteiger partial charge in [-0.15, -0.1) is 0 Å². The predicted octanol–water partition coefficient (Wildman–Crippen LogP) is 4.84. The Kier molecular flexibility index (Phi) is 7.01. The molecule has 1 fully saturated rings. The summed E-state index contributed by atoms with van der Waals surface area (Å²) in [7, 11) is 4.77. The molecule has 1 aliphatic heterocycles. The minimum Gasteiger partial charge on any atom is -0.497 e. The number of hydrogen-bond acceptors (Lipinski definition) is 5. The number of hydrogen-bond donors (Lipinski definition) is 1. The molecular formula is C27H28N2O5. The summed E-state index contributed by atoms with van der Waals surface area (Å²) in [6.07, 6.45) is 0.700. The maximum atomic E-state index is 13.6. The maximum Gasteiger partial charge on any atom is 0.230 e. The highest BCUT2D eigenvalue weighted by atomic mass is 16.5. The van der Waals surface area contributed by atoms with Gasteiger partial charge in [0.2, 0.25) is 11.8 Å². The zero-order valence-electron chi connectivity index (χ0n) is 19.5. The maximum absolute atomic E-state index is 13.6. The average molecular weight is 461 g/mol. The fourth-order valence-corrected chi connectivity index (χ4v) is 4.37. The summed E-state index contributed by atoms with van der Waals surface area (Å²) in [6, 6.07) is 21.6. The summed E-state index contributed by atoms with van der Waals surface area (Å²) >= 11 is 0. The third kappa shape index (κ3) is 4.69. The van der Waals surface area contributed by atoms with Crippen LogP contribution < -0.4 is 24.4 Å². The van der Waals surface area contributed by atoms with E-state index in [4.69, 9.17) is 14.2 Å². The van der Waals surface area contributed by atoms with Crippen molar-refractivity contribution in [2.75, 3.05) is 31.5 Å². The highest BCUT2D eigenvalue weighted by molar-refractivity contribution is 6.00. The lowest BCUT2D eigenvalue weighted by Gasteiger charge is -2.41. The van der Waals surface area contributed by atoms with Crippen molar-refractivity contribution in [3.8, 4) is 17.2 Å². The third-order valence-electron chi connectivity index (χ3n) is 6.11. The standard InChI is InChI=1S/C27H28N2O5/c1-32-20-12-8-18(9-13-20)26-22(27(31)28-23-6-4-5-7-24(23)34-3)16-17-25(30)29(26)19-10-14-21(33-2)15-11-19/h4-15,22,26H,16-17H2,1-3H3,(H,28,31). The van der Waals surface area contributed by atoms with Gasteiger partial charge in [-0.3, -0.25) is 9.59 Å². The van der Waals surface area contributed by atoms with Gasteiger partial charge in [0.15, 0.2) is 0 Å². The second kappa shape index (κ2) is 10.3. The first kappa shape index (κ1) is 23.2. The van der Waals surface area contributed by atoms with E-state index in [1.165, 1.54) is 0 Å². The van der Waals surface area contributed by atoms with Gasteiger partial charge in [0.1, 0.15) is 17.2 Å². The van der Waals surface area contributed by atoms with Gasteiger partial charge >= 0.3 is 0 Å². The highest BCUT2D eigenvalue weighted by Crippen LogP contribution is 2.41. The molecule has 176 valence electrons. The molecule has 7 nitrogen and oxygen atoms in total. The highest BCUT2D eigenvalue weighted by Gasteiger charge is 2.41. The van der Waals surface area contributed by atoms with Crippen LogP contribution in [-0.4, -0.2) is 33.1 Å². The number of nitrogens with one attached hydrogen (secondary N) is 1. The Balaban J connectivity index is 1.74. The predicted molar refractivity (Wildman–Crippen MR) is 131 cm³/mol. The molecule has 0 bridgehead atoms. The van der Waals surface area contributed by atoms with E-state index >= 15 is 0 Å². The lowest BCUT2D eigenvalue weighted by atomic mass is 9.83. The first-order valence-electron chi connectivity index (χ1n) is 11.1. The van der Waals surface area contributed by atoms with Gasteiger partial charge in [-0.25, -0.2) is 0 Å². The van der Waals surface area contributed by atoms with Crippen molar-refractivity contribution in [1.29, 1.82) is 0 Å². The minimum atomic E-state index is -0.491. The van der Waals surface area contributed by atoms with Crippen LogP contribution in [0.5, 0.6) is 17.2 Å². The summed E-state index contributed by atoms with van der Waals surface area (Å²) in [6.45, 7) is 0. The van der Waals surface area contributed by atoms with Crippen LogP contribution in [0.4, 0.5) is 11.4 Å². The lowest BCUT2D eigenvalue weighted by molar-refractivity contribution is -0.125. The summed E-state index contributed by atoms with van der Waals surface area (Å²) in [5.41, 5.74) is 2.16. The molecule has 3 aromatic carbocycles. The largest absolute Gasteiger partial charge is 0.497 e. The van der Waals surface area contributed by atoms with Crippen molar-refractivity contribution in [3.05, 3.63) is 78.4 Å². The summed E-state index contributed by atoms with van der Waals surface area (Å²) in [5, 5.41) is 3.01. The van der Waals surface area contributed by atoms with Gasteiger partial charge in [0.25, 0.3) is 0 Å². The number of para-hydroxylation sites is 2. The van der Waals surface area contributed by atoms with E-state index in [-0.39, 0.29) is 18.2 Å². The van der Waals surface area contributed by atoms with Crippen LogP contribution in [0.25, 0.3) is 0 Å². The van der Waals surface area contributed by atoms with Crippen molar-refractivity contribution in [2.24, 2.45) is 5.92 Å². The Morgan fingerprint density at radius 3 is 2.09 bits per heavy atom. The Morgan fingerprint density at radius 2 is 1.47 bits per heavy atom. The number of nitrogens with zero attached hydrogens (tertiary/aromatic N) is 1. The summed E-state index contributed by atoms with van der Waals surface area (Å²) in [5.74, 6) is 1.30. The number of rotatable bonds is 7. The Bertz CT molecular complexity index is 1140. The molecule has 1 N–H and O–H groups in total. The van der Waals surface area contributed by atoms with Gasteiger partial charge in [0, 0.05) is 12.1 Å². The molecule has 1 saturated heterocycles. The number of ether oxygens (including phenoxy) is 3. The normalized spacial score (nSPS) is 17.7. The minimum absolute atomic E-state index is 0.0349. The number of amides is 2. The van der Waals surface area contributed by atoms with Gasteiger partial charge in [0.05, 0.1) is 39.0 Å². The monoisotopic (exact) mass is 460 g/mol. The van der Waals surface area contributed by atoms with Crippen molar-refractivity contribution in [3.63, 3.8) is 0 Å². The molecule has 1 heterocycles. The Labute approximate surface area is 199 Å². The molecule has 2 unspecified atom stereocenters. The van der Waals surface area contributed by atoms with Crippen LogP contribution in [0.3, 0.4) is 0 Å². The van der Waals surface area contributed by atoms with Crippen LogP contribution in [-0.2, 0) is 9.59 Å². The van der Waals surface area contributed by atoms with E-state index in [0.29, 0.717) is 35.0 Å². The molecule has 0 spiro atoms. The lowest BCUT2D eigenvalue weighted by Crippen LogP contribution is -2.47. The van der Waals surface area contributed by atoms with Gasteiger partial charge in [-0.05, 0) is 60.5 Å². The average Bonchev–Trinajstić information content (AvgIpc) is 2.89. The van der Waals surface area contributed by atoms with Gasteiger partial charge < -0.3 is 24.4 Å². The van der Waals surface area contributed by atoms with Crippen LogP contribution in [0.15, 0.2) is 72.8 Å². The van der Waals surface area contributed by atoms with Crippen LogP contribution >= 0.6 is 0 Å². The Morgan fingerprint density at radius 1 is 0.853 bits per heavy atom. The summed E-state index contributed by atoms with van der Waals surface area (Å²) in [4.78, 5) is 28.5. The Hall–Kier alpha value is -4.00. The van der Waals surface area contributed by atoms with Gasteiger partial charge in [-0.2, -0.15) is 0 Å². The molecule has 7 heteroatoms. The van der Waals surface area contributed by atoms with Crippen molar-refractivity contribution < 1.29 is 23.8 Å². The molecule has 0 radical (unpaired) electrons. The quantitative estimate of drug-likeness (QED) is 0.546. The fraction of sp³-hybridized carbons (Fsp3) is 0.259. The molecule has 0 aliphatic carbocycles. The van der Waals surface area contributed by atoms with Crippen molar-refractivity contribution in [1.82, 2.24) is 0 Å². The van der Waals surface area contributed by atoms with Gasteiger partial charge in [-0.1, -0.05) is 24.3 Å². The first-order chi connectivity index (χ1) is 16.5. The number of carbonyl (C=O) groups is 2. The fourth-order valence-electron chi connectivity index (χ4n) is 4.37. The third-order valence-corrected chi connectivity index (χ3v) is 6.11. The zero-order valence-corrected chi connectivity index (χ0v) is 19.5. The molecule has 4 rings (SSSR count). The zero-order chi connectivity index (χ0) is 24.1. The molecular weight excluding hydrogens is 432 g/mol. The van der Waals surface area contributed by atoms with Crippen molar-refractivity contribution >= 4 is 23.2 Å². The SMILES string of the molecule is COc1ccc(C2C(C(=O)Nc3ccccc3OC)CCC(=O)N2c2ccc(OC)cc2)cc1. The van der Waals surface area contributed by atoms with Crippen LogP contribution in [0, 0.1) is 5.92 Å². The van der Waals surface area contributed by atoms with E-state index in [1.807, 2.05) is 60.7 Å². The molecule has 2 atom stereocenters. The van der Waals surface area contributed by atoms with Crippen LogP contribution in [0.1, 0.15) is 24.4 Å². The van der Waals surface area contributed by atoms with E-state index in [2.05, 4.69) is 5.32 Å². The number of benzene rings is 3.